The monoisotopic (exact) mass is 479 g/mol. The molecule has 0 aliphatic carbocycles. The molecule has 1 aliphatic rings. The highest BCUT2D eigenvalue weighted by Gasteiger charge is 2.21. The Morgan fingerprint density at radius 2 is 1.79 bits per heavy atom. The Labute approximate surface area is 201 Å². The van der Waals surface area contributed by atoms with E-state index >= 15 is 0 Å². The van der Waals surface area contributed by atoms with E-state index < -0.39 is 0 Å². The van der Waals surface area contributed by atoms with Crippen molar-refractivity contribution in [2.45, 2.75) is 6.54 Å². The molecule has 0 bridgehead atoms. The maximum Gasteiger partial charge on any atom is 0.251 e. The first-order valence-corrected chi connectivity index (χ1v) is 11.4. The van der Waals surface area contributed by atoms with Gasteiger partial charge in [0.15, 0.2) is 5.65 Å². The number of hydrogen-bond donors (Lipinski definition) is 1. The van der Waals surface area contributed by atoms with E-state index in [0.717, 1.165) is 48.7 Å². The summed E-state index contributed by atoms with van der Waals surface area (Å²) in [7, 11) is 0. The summed E-state index contributed by atoms with van der Waals surface area (Å²) in [6.45, 7) is 4.05. The summed E-state index contributed by atoms with van der Waals surface area (Å²) < 4.78 is 15.0. The van der Waals surface area contributed by atoms with Gasteiger partial charge < -0.3 is 15.1 Å². The number of anilines is 2. The van der Waals surface area contributed by atoms with E-state index in [9.17, 15) is 9.18 Å². The van der Waals surface area contributed by atoms with Crippen LogP contribution in [0.2, 0.25) is 5.02 Å². The van der Waals surface area contributed by atoms with Gasteiger partial charge in [-0.05, 0) is 42.5 Å². The van der Waals surface area contributed by atoms with Gasteiger partial charge in [-0.15, -0.1) is 0 Å². The van der Waals surface area contributed by atoms with Crippen LogP contribution in [0.1, 0.15) is 10.4 Å². The molecule has 174 valence electrons. The van der Waals surface area contributed by atoms with Crippen LogP contribution in [-0.2, 0) is 6.54 Å². The van der Waals surface area contributed by atoms with Gasteiger partial charge >= 0.3 is 0 Å². The number of rotatable bonds is 6. The highest BCUT2D eigenvalue weighted by Crippen LogP contribution is 2.25. The number of nitrogens with zero attached hydrogens (tertiary/aromatic N) is 6. The topological polar surface area (TPSA) is 79.2 Å². The number of fused-ring (bicyclic) bond motifs is 1. The quantitative estimate of drug-likeness (QED) is 0.457. The van der Waals surface area contributed by atoms with E-state index in [1.54, 1.807) is 41.5 Å². The number of nitrogens with one attached hydrogen (secondary N) is 1. The average Bonchev–Trinajstić information content (AvgIpc) is 3.28. The first kappa shape index (κ1) is 22.1. The fourth-order valence-corrected chi connectivity index (χ4v) is 4.32. The van der Waals surface area contributed by atoms with E-state index in [1.807, 2.05) is 12.1 Å². The Bertz CT molecular complexity index is 1300. The second-order valence-electron chi connectivity index (χ2n) is 8.02. The maximum absolute atomic E-state index is 13.2. The van der Waals surface area contributed by atoms with Crippen molar-refractivity contribution in [1.29, 1.82) is 0 Å². The van der Waals surface area contributed by atoms with Crippen molar-refractivity contribution in [3.8, 4) is 0 Å². The molecule has 1 fully saturated rings. The number of halogens is 2. The minimum absolute atomic E-state index is 0.187. The van der Waals surface area contributed by atoms with Gasteiger partial charge in [-0.1, -0.05) is 17.7 Å². The minimum atomic E-state index is -0.230. The lowest BCUT2D eigenvalue weighted by Crippen LogP contribution is -2.46. The predicted molar refractivity (Wildman–Crippen MR) is 130 cm³/mol. The van der Waals surface area contributed by atoms with Crippen molar-refractivity contribution in [1.82, 2.24) is 25.1 Å². The van der Waals surface area contributed by atoms with Crippen LogP contribution in [0.3, 0.4) is 0 Å². The third kappa shape index (κ3) is 4.65. The Morgan fingerprint density at radius 1 is 1.03 bits per heavy atom. The Kier molecular flexibility index (Phi) is 6.27. The van der Waals surface area contributed by atoms with Gasteiger partial charge in [-0.3, -0.25) is 4.79 Å². The van der Waals surface area contributed by atoms with Gasteiger partial charge in [0.2, 0.25) is 0 Å². The molecule has 10 heteroatoms. The maximum atomic E-state index is 13.2. The molecular weight excluding hydrogens is 457 g/mol. The SMILES string of the molecule is O=C(NCCn1ncc2c(N3CCN(c4ccc(F)cc4)CC3)ncnc21)c1cccc(Cl)c1. The van der Waals surface area contributed by atoms with Crippen molar-refractivity contribution in [3.05, 3.63) is 77.5 Å². The molecule has 0 saturated carbocycles. The van der Waals surface area contributed by atoms with Crippen molar-refractivity contribution < 1.29 is 9.18 Å². The molecule has 1 N–H and O–H groups in total. The largest absolute Gasteiger partial charge is 0.368 e. The summed E-state index contributed by atoms with van der Waals surface area (Å²) in [4.78, 5) is 25.7. The first-order chi connectivity index (χ1) is 16.6. The molecule has 4 aromatic rings. The van der Waals surface area contributed by atoms with Gasteiger partial charge in [0.05, 0.1) is 18.1 Å². The van der Waals surface area contributed by atoms with Gasteiger partial charge in [0.1, 0.15) is 18.0 Å². The lowest BCUT2D eigenvalue weighted by Gasteiger charge is -2.36. The third-order valence-corrected chi connectivity index (χ3v) is 6.11. The second-order valence-corrected chi connectivity index (χ2v) is 8.46. The molecule has 0 radical (unpaired) electrons. The molecule has 1 amide bonds. The van der Waals surface area contributed by atoms with Crippen molar-refractivity contribution in [2.75, 3.05) is 42.5 Å². The average molecular weight is 480 g/mol. The van der Waals surface area contributed by atoms with Gasteiger partial charge in [0.25, 0.3) is 5.91 Å². The summed E-state index contributed by atoms with van der Waals surface area (Å²) in [6, 6.07) is 13.4. The van der Waals surface area contributed by atoms with Crippen molar-refractivity contribution >= 4 is 40.0 Å². The number of amides is 1. The Morgan fingerprint density at radius 3 is 2.56 bits per heavy atom. The highest BCUT2D eigenvalue weighted by atomic mass is 35.5. The van der Waals surface area contributed by atoms with Crippen molar-refractivity contribution in [2.24, 2.45) is 0 Å². The minimum Gasteiger partial charge on any atom is -0.368 e. The van der Waals surface area contributed by atoms with Crippen LogP contribution in [0, 0.1) is 5.82 Å². The molecule has 2 aromatic carbocycles. The molecule has 1 aliphatic heterocycles. The summed E-state index contributed by atoms with van der Waals surface area (Å²) in [5, 5.41) is 8.76. The van der Waals surface area contributed by atoms with Crippen LogP contribution in [0.25, 0.3) is 11.0 Å². The molecule has 3 heterocycles. The lowest BCUT2D eigenvalue weighted by molar-refractivity contribution is 0.0952. The lowest BCUT2D eigenvalue weighted by atomic mass is 10.2. The summed E-state index contributed by atoms with van der Waals surface area (Å²) in [5.74, 6) is 0.429. The predicted octanol–water partition coefficient (Wildman–Crippen LogP) is 3.38. The van der Waals surface area contributed by atoms with Crippen LogP contribution in [-0.4, -0.2) is 58.4 Å². The number of aromatic nitrogens is 4. The molecule has 34 heavy (non-hydrogen) atoms. The van der Waals surface area contributed by atoms with E-state index in [0.29, 0.717) is 23.7 Å². The molecule has 0 unspecified atom stereocenters. The number of carbonyl (C=O) groups excluding carboxylic acids is 1. The molecule has 0 atom stereocenters. The van der Waals surface area contributed by atoms with Gasteiger partial charge in [0, 0.05) is 49.0 Å². The molecule has 5 rings (SSSR count). The summed E-state index contributed by atoms with van der Waals surface area (Å²) >= 11 is 5.96. The number of carbonyl (C=O) groups is 1. The third-order valence-electron chi connectivity index (χ3n) is 5.88. The fourth-order valence-electron chi connectivity index (χ4n) is 4.13. The summed E-state index contributed by atoms with van der Waals surface area (Å²) in [6.07, 6.45) is 3.32. The zero-order valence-corrected chi connectivity index (χ0v) is 19.1. The smallest absolute Gasteiger partial charge is 0.251 e. The summed E-state index contributed by atoms with van der Waals surface area (Å²) in [5.41, 5.74) is 2.26. The zero-order valence-electron chi connectivity index (χ0n) is 18.4. The molecule has 0 spiro atoms. The first-order valence-electron chi connectivity index (χ1n) is 11.0. The van der Waals surface area contributed by atoms with Crippen LogP contribution < -0.4 is 15.1 Å². The van der Waals surface area contributed by atoms with Crippen molar-refractivity contribution in [3.63, 3.8) is 0 Å². The fraction of sp³-hybridized carbons (Fsp3) is 0.250. The van der Waals surface area contributed by atoms with Crippen LogP contribution >= 0.6 is 11.6 Å². The van der Waals surface area contributed by atoms with E-state index in [2.05, 4.69) is 30.2 Å². The second kappa shape index (κ2) is 9.64. The van der Waals surface area contributed by atoms with Crippen LogP contribution in [0.4, 0.5) is 15.9 Å². The van der Waals surface area contributed by atoms with Gasteiger partial charge in [-0.2, -0.15) is 5.10 Å². The molecule has 8 nitrogen and oxygen atoms in total. The molecule has 1 saturated heterocycles. The van der Waals surface area contributed by atoms with E-state index in [4.69, 9.17) is 11.6 Å². The number of hydrogen-bond acceptors (Lipinski definition) is 6. The Hall–Kier alpha value is -3.72. The zero-order chi connectivity index (χ0) is 23.5. The molecule has 2 aromatic heterocycles. The van der Waals surface area contributed by atoms with Gasteiger partial charge in [-0.25, -0.2) is 19.0 Å². The van der Waals surface area contributed by atoms with E-state index in [1.165, 1.54) is 12.1 Å². The highest BCUT2D eigenvalue weighted by molar-refractivity contribution is 6.30. The standard InChI is InChI=1S/C24H23ClFN7O/c25-18-3-1-2-17(14-18)24(34)27-8-9-33-23-21(15-30-33)22(28-16-29-23)32-12-10-31(11-13-32)20-6-4-19(26)5-7-20/h1-7,14-16H,8-13H2,(H,27,34). The van der Waals surface area contributed by atoms with Crippen LogP contribution in [0.15, 0.2) is 61.1 Å². The Balaban J connectivity index is 1.23. The number of piperazine rings is 1. The molecular formula is C24H23ClFN7O. The van der Waals surface area contributed by atoms with E-state index in [-0.39, 0.29) is 11.7 Å². The number of benzene rings is 2. The van der Waals surface area contributed by atoms with Crippen LogP contribution in [0.5, 0.6) is 0 Å². The normalized spacial score (nSPS) is 13.9.